The first-order chi connectivity index (χ1) is 13.5. The standard InChI is InChI=1S/C19H29Cl2N3O4S/c1-19(2,3)29(28)23-17(13-10-14(20)15(21)11-16(13)26)12-4-7-24(8-5-12)18(27)22-6-9-25/h10-12,17,23,25-26H,4-9H2,1-3H3,(H,22,27). The van der Waals surface area contributed by atoms with Crippen LogP contribution in [0.2, 0.25) is 10.0 Å². The zero-order chi connectivity index (χ0) is 21.8. The summed E-state index contributed by atoms with van der Waals surface area (Å²) >= 11 is 10.8. The van der Waals surface area contributed by atoms with Gasteiger partial charge in [0.1, 0.15) is 10.5 Å². The summed E-state index contributed by atoms with van der Waals surface area (Å²) in [4.78, 5) is 13.8. The van der Waals surface area contributed by atoms with Crippen LogP contribution in [0.4, 0.5) is 4.79 Å². The van der Waals surface area contributed by atoms with Crippen molar-refractivity contribution in [1.29, 1.82) is 0 Å². The summed E-state index contributed by atoms with van der Waals surface area (Å²) in [6.07, 6.45) is 1.32. The highest BCUT2D eigenvalue weighted by Gasteiger charge is 2.37. The third-order valence-electron chi connectivity index (χ3n) is 4.88. The van der Waals surface area contributed by atoms with Crippen molar-refractivity contribution in [2.45, 2.75) is 44.4 Å². The third-order valence-corrected chi connectivity index (χ3v) is 7.18. The zero-order valence-corrected chi connectivity index (χ0v) is 19.2. The van der Waals surface area contributed by atoms with Crippen LogP contribution in [0.15, 0.2) is 12.1 Å². The monoisotopic (exact) mass is 465 g/mol. The summed E-state index contributed by atoms with van der Waals surface area (Å²) < 4.78 is 15.5. The lowest BCUT2D eigenvalue weighted by atomic mass is 9.85. The Morgan fingerprint density at radius 1 is 1.31 bits per heavy atom. The number of rotatable bonds is 6. The van der Waals surface area contributed by atoms with Crippen LogP contribution in [0, 0.1) is 5.92 Å². The number of nitrogens with one attached hydrogen (secondary N) is 2. The Kier molecular flexibility index (Phi) is 8.75. The maximum atomic E-state index is 12.8. The molecule has 1 aliphatic rings. The number of aliphatic hydroxyl groups is 1. The van der Waals surface area contributed by atoms with E-state index in [2.05, 4.69) is 10.0 Å². The van der Waals surface area contributed by atoms with Crippen molar-refractivity contribution < 1.29 is 19.6 Å². The van der Waals surface area contributed by atoms with Crippen molar-refractivity contribution in [2.24, 2.45) is 5.92 Å². The molecule has 0 aromatic heterocycles. The van der Waals surface area contributed by atoms with Crippen LogP contribution in [0.1, 0.15) is 45.2 Å². The van der Waals surface area contributed by atoms with Crippen LogP contribution in [0.3, 0.4) is 0 Å². The first-order valence-electron chi connectivity index (χ1n) is 9.54. The lowest BCUT2D eigenvalue weighted by Crippen LogP contribution is -2.48. The lowest BCUT2D eigenvalue weighted by molar-refractivity contribution is 0.158. The fourth-order valence-electron chi connectivity index (χ4n) is 3.22. The number of hydrogen-bond donors (Lipinski definition) is 4. The number of phenols is 1. The average Bonchev–Trinajstić information content (AvgIpc) is 2.66. The topological polar surface area (TPSA) is 108 Å². The molecule has 1 saturated heterocycles. The molecular formula is C19H29Cl2N3O4S. The molecule has 1 aliphatic heterocycles. The van der Waals surface area contributed by atoms with E-state index in [1.54, 1.807) is 11.0 Å². The number of halogens is 2. The molecule has 1 aromatic carbocycles. The maximum absolute atomic E-state index is 12.8. The molecule has 10 heteroatoms. The number of benzene rings is 1. The molecule has 0 aliphatic carbocycles. The molecule has 1 aromatic rings. The van der Waals surface area contributed by atoms with Crippen molar-refractivity contribution in [3.8, 4) is 5.75 Å². The van der Waals surface area contributed by atoms with Gasteiger partial charge in [0.05, 0.1) is 22.7 Å². The Labute approximate surface area is 185 Å². The molecule has 0 bridgehead atoms. The quantitative estimate of drug-likeness (QED) is 0.482. The number of aromatic hydroxyl groups is 1. The van der Waals surface area contributed by atoms with E-state index in [1.165, 1.54) is 6.07 Å². The predicted octanol–water partition coefficient (Wildman–Crippen LogP) is 3.21. The van der Waals surface area contributed by atoms with Crippen LogP contribution in [0.25, 0.3) is 0 Å². The first-order valence-corrected chi connectivity index (χ1v) is 11.4. The maximum Gasteiger partial charge on any atom is 0.317 e. The molecule has 2 unspecified atom stereocenters. The third kappa shape index (κ3) is 6.54. The summed E-state index contributed by atoms with van der Waals surface area (Å²) in [5.74, 6) is 0.0252. The largest absolute Gasteiger partial charge is 0.598 e. The van der Waals surface area contributed by atoms with Crippen LogP contribution >= 0.6 is 23.2 Å². The van der Waals surface area contributed by atoms with Crippen LogP contribution in [-0.4, -0.2) is 56.7 Å². The van der Waals surface area contributed by atoms with Crippen molar-refractivity contribution in [3.05, 3.63) is 27.7 Å². The molecule has 2 atom stereocenters. The van der Waals surface area contributed by atoms with Gasteiger partial charge >= 0.3 is 6.03 Å². The van der Waals surface area contributed by atoms with E-state index in [9.17, 15) is 14.5 Å². The van der Waals surface area contributed by atoms with E-state index in [4.69, 9.17) is 28.3 Å². The van der Waals surface area contributed by atoms with Gasteiger partial charge in [-0.15, -0.1) is 4.72 Å². The Bertz CT molecular complexity index is 709. The van der Waals surface area contributed by atoms with Gasteiger partial charge in [-0.3, -0.25) is 0 Å². The van der Waals surface area contributed by atoms with E-state index in [0.29, 0.717) is 36.5 Å². The molecule has 0 saturated carbocycles. The number of carbonyl (C=O) groups excluding carboxylic acids is 1. The number of likely N-dealkylation sites (tertiary alicyclic amines) is 1. The fraction of sp³-hybridized carbons (Fsp3) is 0.632. The number of phenolic OH excluding ortho intramolecular Hbond substituents is 1. The summed E-state index contributed by atoms with van der Waals surface area (Å²) in [7, 11) is 0. The highest BCUT2D eigenvalue weighted by atomic mass is 35.5. The molecule has 1 fully saturated rings. The number of carbonyl (C=O) groups is 1. The number of aliphatic hydroxyl groups excluding tert-OH is 1. The second-order valence-corrected chi connectivity index (χ2v) is 10.9. The van der Waals surface area contributed by atoms with Gasteiger partial charge in [-0.2, -0.15) is 0 Å². The average molecular weight is 466 g/mol. The summed E-state index contributed by atoms with van der Waals surface area (Å²) in [6.45, 7) is 6.75. The van der Waals surface area contributed by atoms with Gasteiger partial charge in [-0.1, -0.05) is 23.2 Å². The molecule has 2 amide bonds. The number of nitrogens with zero attached hydrogens (tertiary/aromatic N) is 1. The second kappa shape index (κ2) is 10.4. The summed E-state index contributed by atoms with van der Waals surface area (Å²) in [6, 6.07) is 2.38. The fourth-order valence-corrected chi connectivity index (χ4v) is 4.45. The minimum absolute atomic E-state index is 0.00840. The van der Waals surface area contributed by atoms with Crippen LogP contribution in [-0.2, 0) is 11.4 Å². The van der Waals surface area contributed by atoms with Gasteiger partial charge in [-0.25, -0.2) is 4.79 Å². The highest BCUT2D eigenvalue weighted by molar-refractivity contribution is 7.90. The van der Waals surface area contributed by atoms with E-state index >= 15 is 0 Å². The molecule has 7 nitrogen and oxygen atoms in total. The van der Waals surface area contributed by atoms with Gasteiger partial charge in [-0.05, 0) is 45.6 Å². The van der Waals surface area contributed by atoms with E-state index in [0.717, 1.165) is 0 Å². The van der Waals surface area contributed by atoms with Gasteiger partial charge < -0.3 is 25.0 Å². The first kappa shape index (κ1) is 24.4. The van der Waals surface area contributed by atoms with Gasteiger partial charge in [0, 0.05) is 42.6 Å². The lowest BCUT2D eigenvalue weighted by Gasteiger charge is -2.37. The van der Waals surface area contributed by atoms with Crippen molar-refractivity contribution in [1.82, 2.24) is 14.9 Å². The minimum atomic E-state index is -1.37. The molecule has 2 rings (SSSR count). The summed E-state index contributed by atoms with van der Waals surface area (Å²) in [5.41, 5.74) is 0.542. The summed E-state index contributed by atoms with van der Waals surface area (Å²) in [5, 5.41) is 22.6. The minimum Gasteiger partial charge on any atom is -0.598 e. The van der Waals surface area contributed by atoms with Crippen LogP contribution < -0.4 is 10.0 Å². The number of amides is 2. The van der Waals surface area contributed by atoms with E-state index < -0.39 is 22.2 Å². The number of urea groups is 1. The second-order valence-electron chi connectivity index (χ2n) is 8.08. The zero-order valence-electron chi connectivity index (χ0n) is 16.9. The normalized spacial score (nSPS) is 17.8. The Hall–Kier alpha value is -0.900. The van der Waals surface area contributed by atoms with Gasteiger partial charge in [0.2, 0.25) is 0 Å². The van der Waals surface area contributed by atoms with Crippen molar-refractivity contribution in [3.63, 3.8) is 0 Å². The van der Waals surface area contributed by atoms with E-state index in [-0.39, 0.29) is 35.9 Å². The van der Waals surface area contributed by atoms with Crippen molar-refractivity contribution >= 4 is 40.6 Å². The molecule has 4 N–H and O–H groups in total. The van der Waals surface area contributed by atoms with Crippen molar-refractivity contribution in [2.75, 3.05) is 26.2 Å². The predicted molar refractivity (Wildman–Crippen MR) is 117 cm³/mol. The Morgan fingerprint density at radius 2 is 1.90 bits per heavy atom. The Morgan fingerprint density at radius 3 is 2.45 bits per heavy atom. The SMILES string of the molecule is CC(C)(C)[S+]([O-])NC(c1cc(Cl)c(Cl)cc1O)C1CCN(C(=O)NCCO)CC1. The number of piperidine rings is 1. The molecular weight excluding hydrogens is 437 g/mol. The molecule has 0 radical (unpaired) electrons. The smallest absolute Gasteiger partial charge is 0.317 e. The molecule has 0 spiro atoms. The molecule has 164 valence electrons. The highest BCUT2D eigenvalue weighted by Crippen LogP contribution is 2.40. The van der Waals surface area contributed by atoms with Gasteiger partial charge in [0.25, 0.3) is 0 Å². The van der Waals surface area contributed by atoms with Gasteiger partial charge in [0.15, 0.2) is 0 Å². The molecule has 1 heterocycles. The van der Waals surface area contributed by atoms with Crippen LogP contribution in [0.5, 0.6) is 5.75 Å². The Balaban J connectivity index is 2.21. The van der Waals surface area contributed by atoms with E-state index in [1.807, 2.05) is 20.8 Å². The number of hydrogen-bond acceptors (Lipinski definition) is 5. The molecule has 29 heavy (non-hydrogen) atoms.